The molecule has 0 unspecified atom stereocenters. The number of nitrogens with two attached hydrogens (primary N) is 1. The smallest absolute Gasteiger partial charge is 0.306 e. The van der Waals surface area contributed by atoms with Gasteiger partial charge in [0.05, 0.1) is 12.4 Å². The Bertz CT molecular complexity index is 1350. The number of carbonyl (C=O) groups excluding carboxylic acids is 1. The number of anilines is 2. The molecule has 1 aliphatic rings. The zero-order chi connectivity index (χ0) is 23.7. The van der Waals surface area contributed by atoms with Gasteiger partial charge in [0.25, 0.3) is 5.65 Å². The van der Waals surface area contributed by atoms with E-state index in [1.54, 1.807) is 0 Å². The summed E-state index contributed by atoms with van der Waals surface area (Å²) in [6.45, 7) is 5.19. The van der Waals surface area contributed by atoms with E-state index in [1.807, 2.05) is 65.8 Å². The molecule has 0 aliphatic carbocycles. The highest BCUT2D eigenvalue weighted by molar-refractivity contribution is 7.99. The molecule has 174 valence electrons. The number of fused-ring (bicyclic) bond motifs is 2. The standard InChI is InChI=1S/C25H26N6O2S/c1-3-33-19-12-10-18(11-13-19)31-23(26)22-16(2)28-29-24(22)27-25(31)34-15-21(32)30-14-6-8-17-7-4-5-9-20(17)30/h4-5,7,9-13H,3,6,8,14-15H2,1-2H3,(H2,26,28,29)/p+1. The van der Waals surface area contributed by atoms with Gasteiger partial charge < -0.3 is 15.4 Å². The van der Waals surface area contributed by atoms with Crippen molar-refractivity contribution in [1.29, 1.82) is 0 Å². The van der Waals surface area contributed by atoms with Crippen LogP contribution in [0.5, 0.6) is 5.75 Å². The number of ether oxygens (including phenoxy) is 1. The molecule has 0 saturated carbocycles. The highest BCUT2D eigenvalue weighted by Gasteiger charge is 2.27. The van der Waals surface area contributed by atoms with Crippen molar-refractivity contribution in [2.24, 2.45) is 0 Å². The average molecular weight is 476 g/mol. The van der Waals surface area contributed by atoms with Crippen molar-refractivity contribution >= 4 is 40.2 Å². The largest absolute Gasteiger partial charge is 0.494 e. The first-order valence-corrected chi connectivity index (χ1v) is 12.4. The van der Waals surface area contributed by atoms with Crippen LogP contribution in [0.1, 0.15) is 24.6 Å². The van der Waals surface area contributed by atoms with Crippen LogP contribution in [0.4, 0.5) is 11.5 Å². The normalized spacial score (nSPS) is 13.2. The van der Waals surface area contributed by atoms with Crippen molar-refractivity contribution in [2.75, 3.05) is 29.5 Å². The van der Waals surface area contributed by atoms with E-state index in [2.05, 4.69) is 16.3 Å². The number of H-pyrrole nitrogens is 1. The van der Waals surface area contributed by atoms with Gasteiger partial charge in [-0.25, -0.2) is 0 Å². The van der Waals surface area contributed by atoms with E-state index >= 15 is 0 Å². The van der Waals surface area contributed by atoms with E-state index in [4.69, 9.17) is 15.5 Å². The zero-order valence-electron chi connectivity index (χ0n) is 19.2. The number of aryl methyl sites for hydroxylation is 2. The van der Waals surface area contributed by atoms with Crippen molar-refractivity contribution in [3.63, 3.8) is 0 Å². The van der Waals surface area contributed by atoms with E-state index in [9.17, 15) is 4.79 Å². The zero-order valence-corrected chi connectivity index (χ0v) is 20.1. The molecule has 1 amide bonds. The predicted molar refractivity (Wildman–Crippen MR) is 134 cm³/mol. The number of aromatic amines is 1. The summed E-state index contributed by atoms with van der Waals surface area (Å²) < 4.78 is 7.46. The maximum atomic E-state index is 13.2. The topological polar surface area (TPSA) is 101 Å². The first-order chi connectivity index (χ1) is 16.6. The number of aromatic nitrogens is 4. The fourth-order valence-electron chi connectivity index (χ4n) is 4.36. The Labute approximate surface area is 202 Å². The van der Waals surface area contributed by atoms with E-state index < -0.39 is 0 Å². The number of thioether (sulfide) groups is 1. The highest BCUT2D eigenvalue weighted by Crippen LogP contribution is 2.29. The number of nitrogens with one attached hydrogen (secondary N) is 1. The predicted octanol–water partition coefficient (Wildman–Crippen LogP) is 3.60. The third kappa shape index (κ3) is 4.07. The van der Waals surface area contributed by atoms with Crippen LogP contribution in [0.2, 0.25) is 0 Å². The summed E-state index contributed by atoms with van der Waals surface area (Å²) in [5.74, 6) is 1.60. The summed E-state index contributed by atoms with van der Waals surface area (Å²) in [5, 5.41) is 8.65. The van der Waals surface area contributed by atoms with Gasteiger partial charge in [0.15, 0.2) is 0 Å². The fraction of sp³-hybridized carbons (Fsp3) is 0.280. The van der Waals surface area contributed by atoms with Crippen LogP contribution >= 0.6 is 11.8 Å². The maximum Gasteiger partial charge on any atom is 0.306 e. The molecule has 4 aromatic rings. The van der Waals surface area contributed by atoms with E-state index in [-0.39, 0.29) is 11.7 Å². The second-order valence-electron chi connectivity index (χ2n) is 8.16. The molecule has 3 N–H and O–H groups in total. The molecule has 2 aromatic heterocycles. The van der Waals surface area contributed by atoms with Gasteiger partial charge >= 0.3 is 5.16 Å². The van der Waals surface area contributed by atoms with Gasteiger partial charge in [-0.15, -0.1) is 5.10 Å². The van der Waals surface area contributed by atoms with Crippen molar-refractivity contribution in [3.05, 3.63) is 59.8 Å². The Hall–Kier alpha value is -3.59. The Balaban J connectivity index is 1.48. The second kappa shape index (κ2) is 9.34. The van der Waals surface area contributed by atoms with Crippen LogP contribution in [0, 0.1) is 6.92 Å². The number of nitrogens with zero attached hydrogens (tertiary/aromatic N) is 4. The van der Waals surface area contributed by atoms with Crippen LogP contribution < -0.4 is 19.9 Å². The minimum atomic E-state index is 0.0501. The molecule has 0 atom stereocenters. The van der Waals surface area contributed by atoms with Gasteiger partial charge in [0.1, 0.15) is 16.8 Å². The average Bonchev–Trinajstić information content (AvgIpc) is 3.24. The number of rotatable bonds is 6. The Morgan fingerprint density at radius 3 is 2.82 bits per heavy atom. The van der Waals surface area contributed by atoms with Crippen LogP contribution in [0.15, 0.2) is 53.7 Å². The number of amides is 1. The summed E-state index contributed by atoms with van der Waals surface area (Å²) >= 11 is 1.37. The number of hydrogen-bond donors (Lipinski definition) is 2. The van der Waals surface area contributed by atoms with Crippen molar-refractivity contribution in [1.82, 2.24) is 15.2 Å². The lowest BCUT2D eigenvalue weighted by Gasteiger charge is -2.29. The SMILES string of the molecule is CCOc1ccc(-[n+]2c(SCC(=O)N3CCCc4ccccc43)nc3n[nH]c(C)c3c2N)cc1. The number of carbonyl (C=O) groups is 1. The minimum Gasteiger partial charge on any atom is -0.494 e. The first-order valence-electron chi connectivity index (χ1n) is 11.4. The fourth-order valence-corrected chi connectivity index (χ4v) is 5.25. The number of benzene rings is 2. The lowest BCUT2D eigenvalue weighted by atomic mass is 10.0. The van der Waals surface area contributed by atoms with Crippen molar-refractivity contribution in [2.45, 2.75) is 31.8 Å². The molecule has 8 nitrogen and oxygen atoms in total. The molecule has 9 heteroatoms. The van der Waals surface area contributed by atoms with Crippen LogP contribution in [0.3, 0.4) is 0 Å². The Morgan fingerprint density at radius 1 is 1.24 bits per heavy atom. The van der Waals surface area contributed by atoms with Crippen molar-refractivity contribution < 1.29 is 14.1 Å². The molecule has 5 rings (SSSR count). The molecule has 0 spiro atoms. The molecule has 1 aliphatic heterocycles. The molecule has 0 radical (unpaired) electrons. The summed E-state index contributed by atoms with van der Waals surface area (Å²) in [7, 11) is 0. The molecular formula is C25H27N6O2S+. The quantitative estimate of drug-likeness (QED) is 0.251. The number of nitrogen functional groups attached to an aromatic ring is 1. The second-order valence-corrected chi connectivity index (χ2v) is 9.10. The number of para-hydroxylation sites is 1. The summed E-state index contributed by atoms with van der Waals surface area (Å²) in [5.41, 5.74) is 11.1. The van der Waals surface area contributed by atoms with Crippen LogP contribution in [-0.2, 0) is 11.2 Å². The lowest BCUT2D eigenvalue weighted by molar-refractivity contribution is -0.624. The van der Waals surface area contributed by atoms with Crippen LogP contribution in [0.25, 0.3) is 16.7 Å². The van der Waals surface area contributed by atoms with Crippen LogP contribution in [-0.4, -0.2) is 40.0 Å². The van der Waals surface area contributed by atoms with Gasteiger partial charge in [-0.05, 0) is 74.3 Å². The van der Waals surface area contributed by atoms with E-state index in [1.165, 1.54) is 17.3 Å². The lowest BCUT2D eigenvalue weighted by Crippen LogP contribution is -2.40. The van der Waals surface area contributed by atoms with Gasteiger partial charge in [-0.2, -0.15) is 4.57 Å². The van der Waals surface area contributed by atoms with Gasteiger partial charge in [0.2, 0.25) is 11.7 Å². The highest BCUT2D eigenvalue weighted by atomic mass is 32.2. The summed E-state index contributed by atoms with van der Waals surface area (Å²) in [6, 6.07) is 15.8. The molecule has 3 heterocycles. The summed E-state index contributed by atoms with van der Waals surface area (Å²) in [4.78, 5) is 19.9. The molecule has 34 heavy (non-hydrogen) atoms. The van der Waals surface area contributed by atoms with Gasteiger partial charge in [-0.1, -0.05) is 23.2 Å². The maximum absolute atomic E-state index is 13.2. The Kier molecular flexibility index (Phi) is 6.10. The minimum absolute atomic E-state index is 0.0501. The van der Waals surface area contributed by atoms with Gasteiger partial charge in [0, 0.05) is 17.9 Å². The van der Waals surface area contributed by atoms with Crippen molar-refractivity contribution in [3.8, 4) is 11.4 Å². The molecule has 2 aromatic carbocycles. The van der Waals surface area contributed by atoms with E-state index in [0.29, 0.717) is 23.2 Å². The third-order valence-electron chi connectivity index (χ3n) is 5.96. The van der Waals surface area contributed by atoms with Gasteiger partial charge in [-0.3, -0.25) is 9.89 Å². The monoisotopic (exact) mass is 475 g/mol. The van der Waals surface area contributed by atoms with E-state index in [0.717, 1.165) is 47.6 Å². The number of hydrogen-bond acceptors (Lipinski definition) is 6. The Morgan fingerprint density at radius 2 is 2.03 bits per heavy atom. The molecule has 0 bridgehead atoms. The molecule has 0 saturated heterocycles. The molecular weight excluding hydrogens is 448 g/mol. The summed E-state index contributed by atoms with van der Waals surface area (Å²) in [6.07, 6.45) is 1.96. The first kappa shape index (κ1) is 22.2. The molecule has 0 fully saturated rings. The third-order valence-corrected chi connectivity index (χ3v) is 6.88.